The van der Waals surface area contributed by atoms with Crippen LogP contribution < -0.4 is 0 Å². The molecule has 1 saturated heterocycles. The third-order valence-corrected chi connectivity index (χ3v) is 9.99. The average Bonchev–Trinajstić information content (AvgIpc) is 3.06. The summed E-state index contributed by atoms with van der Waals surface area (Å²) in [5.74, 6) is -2.86. The van der Waals surface area contributed by atoms with E-state index in [0.29, 0.717) is 31.5 Å². The van der Waals surface area contributed by atoms with E-state index in [9.17, 15) is 18.4 Å². The number of Topliss-reactive ketones (excluding diaryl/α,β-unsaturated/α-hetero) is 2. The van der Waals surface area contributed by atoms with Crippen LogP contribution in [0.15, 0.2) is 78.4 Å². The number of allylic oxidation sites excluding steroid dienone is 3. The number of hydrogen-bond acceptors (Lipinski definition) is 6. The largest absolute Gasteiger partial charge is 0.372 e. The van der Waals surface area contributed by atoms with Gasteiger partial charge in [-0.25, -0.2) is 18.2 Å². The molecular formula is C38H45F2N2O5+. The number of piperidine rings is 1. The summed E-state index contributed by atoms with van der Waals surface area (Å²) < 4.78 is 35.7. The summed E-state index contributed by atoms with van der Waals surface area (Å²) in [6.07, 6.45) is 8.80. The van der Waals surface area contributed by atoms with Crippen molar-refractivity contribution in [3.05, 3.63) is 101 Å². The van der Waals surface area contributed by atoms with Crippen LogP contribution in [-0.4, -0.2) is 71.4 Å². The van der Waals surface area contributed by atoms with Crippen LogP contribution in [0.4, 0.5) is 8.78 Å². The Bertz CT molecular complexity index is 1640. The number of nitrogens with zero attached hydrogens (tertiary/aromatic N) is 2. The zero-order valence-corrected chi connectivity index (χ0v) is 28.4. The van der Waals surface area contributed by atoms with Gasteiger partial charge in [0, 0.05) is 50.4 Å². The Morgan fingerprint density at radius 1 is 0.894 bits per heavy atom. The number of halogens is 2. The number of carbonyl (C=O) groups is 2. The second-order valence-electron chi connectivity index (χ2n) is 13.5. The van der Waals surface area contributed by atoms with E-state index in [4.69, 9.17) is 14.5 Å². The molecule has 0 radical (unpaired) electrons. The van der Waals surface area contributed by atoms with Gasteiger partial charge < -0.3 is 9.64 Å². The first-order valence-electron chi connectivity index (χ1n) is 16.3. The Morgan fingerprint density at radius 3 is 1.98 bits per heavy atom. The lowest BCUT2D eigenvalue weighted by Crippen LogP contribution is -2.67. The Labute approximate surface area is 276 Å². The van der Waals surface area contributed by atoms with Gasteiger partial charge in [-0.2, -0.15) is 4.89 Å². The van der Waals surface area contributed by atoms with Crippen molar-refractivity contribution in [1.29, 1.82) is 0 Å². The Morgan fingerprint density at radius 2 is 1.45 bits per heavy atom. The molecule has 1 spiro atoms. The van der Waals surface area contributed by atoms with Gasteiger partial charge in [-0.3, -0.25) is 9.59 Å². The van der Waals surface area contributed by atoms with Crippen LogP contribution in [0.2, 0.25) is 0 Å². The lowest BCUT2D eigenvalue weighted by Gasteiger charge is -2.54. The molecule has 5 rings (SSSR count). The second-order valence-corrected chi connectivity index (χ2v) is 13.5. The standard InChI is InChI=1S/C38H45F2N2O5/c1-8-41(9-2)31(26-13-17-28(39)18-14-26)11-10-12-32(27-15-19-29(40)20-16-27)42-23-21-37(22-24-42)25-30-33(43)35(3,4)34(44)36(5,6)38(30,45-7)47-46-37/h10-20,25H,8-9,21-24H2,1-7H3/q+1. The van der Waals surface area contributed by atoms with Crippen molar-refractivity contribution in [1.82, 2.24) is 4.90 Å². The monoisotopic (exact) mass is 647 g/mol. The van der Waals surface area contributed by atoms with Gasteiger partial charge in [-0.1, -0.05) is 6.08 Å². The molecule has 0 aromatic heterocycles. The van der Waals surface area contributed by atoms with E-state index in [-0.39, 0.29) is 23.2 Å². The summed E-state index contributed by atoms with van der Waals surface area (Å²) in [4.78, 5) is 41.4. The van der Waals surface area contributed by atoms with E-state index in [1.54, 1.807) is 52.0 Å². The van der Waals surface area contributed by atoms with Gasteiger partial charge in [0.2, 0.25) is 11.5 Å². The van der Waals surface area contributed by atoms with Crippen LogP contribution >= 0.6 is 0 Å². The minimum absolute atomic E-state index is 0.272. The quantitative estimate of drug-likeness (QED) is 0.138. The molecule has 3 aliphatic rings. The maximum absolute atomic E-state index is 14.0. The average molecular weight is 648 g/mol. The molecule has 9 heteroatoms. The molecule has 1 unspecified atom stereocenters. The van der Waals surface area contributed by atoms with Crippen LogP contribution in [0.3, 0.4) is 0 Å². The van der Waals surface area contributed by atoms with Gasteiger partial charge in [0.15, 0.2) is 11.6 Å². The molecule has 2 aromatic carbocycles. The maximum Gasteiger partial charge on any atom is 0.242 e. The topological polar surface area (TPSA) is 68.1 Å². The molecule has 2 fully saturated rings. The van der Waals surface area contributed by atoms with Crippen molar-refractivity contribution in [3.63, 3.8) is 0 Å². The fourth-order valence-electron chi connectivity index (χ4n) is 7.15. The predicted molar refractivity (Wildman–Crippen MR) is 176 cm³/mol. The fraction of sp³-hybridized carbons (Fsp3) is 0.447. The molecular weight excluding hydrogens is 602 g/mol. The highest BCUT2D eigenvalue weighted by Crippen LogP contribution is 2.55. The number of methoxy groups -OCH3 is 1. The molecule has 7 nitrogen and oxygen atoms in total. The van der Waals surface area contributed by atoms with E-state index >= 15 is 0 Å². The second kappa shape index (κ2) is 13.0. The van der Waals surface area contributed by atoms with Gasteiger partial charge >= 0.3 is 0 Å². The highest BCUT2D eigenvalue weighted by atomic mass is 19.1. The Kier molecular flexibility index (Phi) is 9.57. The minimum atomic E-state index is -1.65. The molecule has 1 atom stereocenters. The van der Waals surface area contributed by atoms with E-state index in [1.807, 2.05) is 24.3 Å². The van der Waals surface area contributed by atoms with Gasteiger partial charge in [-0.15, -0.1) is 0 Å². The van der Waals surface area contributed by atoms with E-state index in [2.05, 4.69) is 23.3 Å². The number of rotatable bonds is 8. The van der Waals surface area contributed by atoms with Crippen LogP contribution in [0.5, 0.6) is 0 Å². The van der Waals surface area contributed by atoms with E-state index in [1.165, 1.54) is 31.4 Å². The van der Waals surface area contributed by atoms with Gasteiger partial charge in [0.05, 0.1) is 16.4 Å². The highest BCUT2D eigenvalue weighted by Gasteiger charge is 2.69. The Balaban J connectivity index is 1.51. The molecule has 0 bridgehead atoms. The molecule has 1 saturated carbocycles. The van der Waals surface area contributed by atoms with Crippen molar-refractivity contribution in [2.45, 2.75) is 65.8 Å². The predicted octanol–water partition coefficient (Wildman–Crippen LogP) is 6.67. The molecule has 0 amide bonds. The van der Waals surface area contributed by atoms with Crippen molar-refractivity contribution in [2.75, 3.05) is 33.3 Å². The van der Waals surface area contributed by atoms with Crippen LogP contribution in [0.25, 0.3) is 5.70 Å². The molecule has 250 valence electrons. The minimum Gasteiger partial charge on any atom is -0.372 e. The van der Waals surface area contributed by atoms with Crippen molar-refractivity contribution < 1.29 is 37.5 Å². The molecule has 0 N–H and O–H groups in total. The number of benzene rings is 2. The van der Waals surface area contributed by atoms with Crippen LogP contribution in [-0.2, 0) is 24.1 Å². The van der Waals surface area contributed by atoms with Gasteiger partial charge in [-0.05, 0) is 108 Å². The summed E-state index contributed by atoms with van der Waals surface area (Å²) in [6, 6.07) is 12.9. The SMILES string of the molecule is CCN(CC)/C(=C/C=C/C(c1ccc(F)cc1)=[N+]1CCC2(C=C3C(=O)C(C)(C)C(=O)C(C)(C)C3(OC)OO2)CC1)c1ccc(F)cc1. The van der Waals surface area contributed by atoms with Gasteiger partial charge in [0.1, 0.15) is 30.3 Å². The lowest BCUT2D eigenvalue weighted by molar-refractivity contribution is -0.561. The number of fused-ring (bicyclic) bond motifs is 1. The summed E-state index contributed by atoms with van der Waals surface area (Å²) >= 11 is 0. The third kappa shape index (κ3) is 6.05. The molecule has 47 heavy (non-hydrogen) atoms. The first-order chi connectivity index (χ1) is 22.2. The molecule has 2 aromatic rings. The van der Waals surface area contributed by atoms with Gasteiger partial charge in [0.25, 0.3) is 0 Å². The summed E-state index contributed by atoms with van der Waals surface area (Å²) in [6.45, 7) is 13.6. The fourth-order valence-corrected chi connectivity index (χ4v) is 7.15. The smallest absolute Gasteiger partial charge is 0.242 e. The molecule has 2 aliphatic heterocycles. The number of carbonyl (C=O) groups excluding carboxylic acids is 2. The number of ether oxygens (including phenoxy) is 1. The van der Waals surface area contributed by atoms with E-state index < -0.39 is 22.2 Å². The zero-order chi connectivity index (χ0) is 34.2. The first-order valence-corrected chi connectivity index (χ1v) is 16.3. The van der Waals surface area contributed by atoms with Crippen molar-refractivity contribution >= 4 is 23.0 Å². The summed E-state index contributed by atoms with van der Waals surface area (Å²) in [5.41, 5.74) is 0.616. The normalized spacial score (nSPS) is 25.6. The summed E-state index contributed by atoms with van der Waals surface area (Å²) in [7, 11) is 1.42. The first kappa shape index (κ1) is 34.5. The summed E-state index contributed by atoms with van der Waals surface area (Å²) in [5, 5.41) is 0. The highest BCUT2D eigenvalue weighted by molar-refractivity contribution is 6.19. The third-order valence-electron chi connectivity index (χ3n) is 9.99. The van der Waals surface area contributed by atoms with Crippen molar-refractivity contribution in [2.24, 2.45) is 10.8 Å². The lowest BCUT2D eigenvalue weighted by atomic mass is 9.57. The maximum atomic E-state index is 14.0. The van der Waals surface area contributed by atoms with Crippen molar-refractivity contribution in [3.8, 4) is 0 Å². The molecule has 1 aliphatic carbocycles. The van der Waals surface area contributed by atoms with Crippen LogP contribution in [0, 0.1) is 22.5 Å². The molecule has 2 heterocycles. The zero-order valence-electron chi connectivity index (χ0n) is 28.4. The number of hydrogen-bond donors (Lipinski definition) is 0. The number of ketones is 2. The van der Waals surface area contributed by atoms with Crippen LogP contribution in [0.1, 0.15) is 65.5 Å². The van der Waals surface area contributed by atoms with E-state index in [0.717, 1.165) is 35.6 Å². The Hall–Kier alpha value is -3.79.